The van der Waals surface area contributed by atoms with Crippen LogP contribution in [0.3, 0.4) is 0 Å². The Bertz CT molecular complexity index is 2320. The van der Waals surface area contributed by atoms with Gasteiger partial charge in [-0.1, -0.05) is 87.4 Å². The van der Waals surface area contributed by atoms with Gasteiger partial charge in [-0.3, -0.25) is 19.2 Å². The molecule has 2 saturated carbocycles. The summed E-state index contributed by atoms with van der Waals surface area (Å²) < 4.78 is 37.2. The second kappa shape index (κ2) is 17.7. The van der Waals surface area contributed by atoms with Gasteiger partial charge in [-0.05, 0) is 54.8 Å². The van der Waals surface area contributed by atoms with E-state index in [0.717, 1.165) is 6.92 Å². The zero-order valence-electron chi connectivity index (χ0n) is 36.9. The van der Waals surface area contributed by atoms with Crippen LogP contribution in [0.15, 0.2) is 102 Å². The third kappa shape index (κ3) is 7.84. The Kier molecular flexibility index (Phi) is 12.8. The summed E-state index contributed by atoms with van der Waals surface area (Å²) in [5, 5.41) is 28.4. The van der Waals surface area contributed by atoms with Crippen molar-refractivity contribution >= 4 is 43.0 Å². The van der Waals surface area contributed by atoms with E-state index in [4.69, 9.17) is 28.3 Å². The number of ketones is 1. The number of carbonyl (C=O) groups is 6. The lowest BCUT2D eigenvalue weighted by Crippen LogP contribution is -2.82. The van der Waals surface area contributed by atoms with E-state index in [9.17, 15) is 34.2 Å². The van der Waals surface area contributed by atoms with E-state index >= 15 is 4.79 Å². The number of Topliss-reactive ketones (excluding diaryl/α,β-unsaturated/α-hetero) is 1. The van der Waals surface area contributed by atoms with Gasteiger partial charge >= 0.3 is 23.9 Å². The van der Waals surface area contributed by atoms with Crippen LogP contribution in [-0.2, 0) is 47.5 Å². The molecule has 0 aromatic heterocycles. The SMILES string of the molecule is CBO[C@H]1C[C@H]2OC[C@@]2(OC(C)=O)[C@H]2[C@H](OC(=O)c3ccccc3)[C@]3(O)CC(OC(=O)[C@H](O)[C@@H](NC(=O)c4ccccc4)c4ccccc4)C(C)=C([C@@H](OC(C)=O)C(=O)[C@]12C)C3(C)C. The van der Waals surface area contributed by atoms with Crippen molar-refractivity contribution in [2.24, 2.45) is 16.7 Å². The van der Waals surface area contributed by atoms with Gasteiger partial charge in [-0.2, -0.15) is 0 Å². The molecule has 11 atom stereocenters. The zero-order valence-corrected chi connectivity index (χ0v) is 36.9. The molecule has 3 aliphatic carbocycles. The first-order valence-corrected chi connectivity index (χ1v) is 21.4. The number of ether oxygens (including phenoxy) is 5. The molecule has 0 spiro atoms. The first kappa shape index (κ1) is 46.3. The minimum Gasteiger partial charge on any atom is -0.456 e. The van der Waals surface area contributed by atoms with Crippen molar-refractivity contribution in [3.8, 4) is 0 Å². The molecule has 1 amide bonds. The van der Waals surface area contributed by atoms with Crippen LogP contribution >= 0.6 is 0 Å². The number of amides is 1. The van der Waals surface area contributed by atoms with Crippen LogP contribution < -0.4 is 5.32 Å². The van der Waals surface area contributed by atoms with Gasteiger partial charge in [0.15, 0.2) is 23.6 Å². The van der Waals surface area contributed by atoms with Gasteiger partial charge in [0.1, 0.15) is 23.9 Å². The zero-order chi connectivity index (χ0) is 46.4. The molecule has 7 rings (SSSR count). The lowest BCUT2D eigenvalue weighted by molar-refractivity contribution is -0.344. The Labute approximate surface area is 372 Å². The summed E-state index contributed by atoms with van der Waals surface area (Å²) >= 11 is 0. The number of hydrogen-bond donors (Lipinski definition) is 3. The number of hydrogen-bond acceptors (Lipinski definition) is 14. The van der Waals surface area contributed by atoms with Crippen molar-refractivity contribution < 1.29 is 67.3 Å². The Balaban J connectivity index is 1.41. The molecule has 0 radical (unpaired) electrons. The predicted octanol–water partition coefficient (Wildman–Crippen LogP) is 4.16. The molecule has 4 aliphatic rings. The summed E-state index contributed by atoms with van der Waals surface area (Å²) in [5.74, 6) is -6.37. The minimum atomic E-state index is -2.34. The molecule has 3 aromatic rings. The van der Waals surface area contributed by atoms with E-state index in [0.29, 0.717) is 5.56 Å². The van der Waals surface area contributed by atoms with Crippen molar-refractivity contribution in [1.82, 2.24) is 5.32 Å². The van der Waals surface area contributed by atoms with Crippen LogP contribution in [-0.4, -0.2) is 108 Å². The van der Waals surface area contributed by atoms with Gasteiger partial charge < -0.3 is 43.9 Å². The molecular weight excluding hydrogens is 825 g/mol. The summed E-state index contributed by atoms with van der Waals surface area (Å²) in [6.07, 6.45) is -9.30. The molecule has 3 fully saturated rings. The second-order valence-electron chi connectivity index (χ2n) is 17.8. The van der Waals surface area contributed by atoms with Crippen molar-refractivity contribution in [2.45, 2.75) is 115 Å². The molecule has 1 aliphatic heterocycles. The molecule has 1 unspecified atom stereocenters. The van der Waals surface area contributed by atoms with E-state index < -0.39 is 113 Å². The maximum atomic E-state index is 15.8. The lowest BCUT2D eigenvalue weighted by Gasteiger charge is -2.68. The topological polar surface area (TPSA) is 210 Å². The van der Waals surface area contributed by atoms with Gasteiger partial charge in [0.05, 0.1) is 35.6 Å². The number of rotatable bonds is 12. The monoisotopic (exact) mass is 879 g/mol. The van der Waals surface area contributed by atoms with Gasteiger partial charge in [-0.15, -0.1) is 0 Å². The fourth-order valence-electron chi connectivity index (χ4n) is 10.6. The van der Waals surface area contributed by atoms with E-state index in [1.54, 1.807) is 113 Å². The average Bonchev–Trinajstić information content (AvgIpc) is 3.26. The molecule has 1 saturated heterocycles. The average molecular weight is 880 g/mol. The van der Waals surface area contributed by atoms with Crippen LogP contribution in [0.25, 0.3) is 0 Å². The summed E-state index contributed by atoms with van der Waals surface area (Å²) in [7, 11) is 0.119. The van der Waals surface area contributed by atoms with Crippen LogP contribution in [0, 0.1) is 16.7 Å². The largest absolute Gasteiger partial charge is 0.456 e. The summed E-state index contributed by atoms with van der Waals surface area (Å²) in [6, 6.07) is 23.2. The highest BCUT2D eigenvalue weighted by atomic mass is 16.6. The van der Waals surface area contributed by atoms with Crippen molar-refractivity contribution in [1.29, 1.82) is 0 Å². The molecule has 2 bridgehead atoms. The van der Waals surface area contributed by atoms with Crippen LogP contribution in [0.1, 0.15) is 86.7 Å². The maximum Gasteiger partial charge on any atom is 0.338 e. The maximum absolute atomic E-state index is 15.8. The van der Waals surface area contributed by atoms with Crippen molar-refractivity contribution in [3.05, 3.63) is 119 Å². The fourth-order valence-corrected chi connectivity index (χ4v) is 10.6. The van der Waals surface area contributed by atoms with E-state index in [2.05, 4.69) is 5.32 Å². The molecule has 16 heteroatoms. The Hall–Kier alpha value is -5.68. The van der Waals surface area contributed by atoms with Gasteiger partial charge in [-0.25, -0.2) is 9.59 Å². The Morgan fingerprint density at radius 1 is 0.844 bits per heavy atom. The van der Waals surface area contributed by atoms with Crippen molar-refractivity contribution in [3.63, 3.8) is 0 Å². The van der Waals surface area contributed by atoms with Gasteiger partial charge in [0, 0.05) is 37.7 Å². The van der Waals surface area contributed by atoms with Crippen LogP contribution in [0.5, 0.6) is 0 Å². The van der Waals surface area contributed by atoms with Crippen molar-refractivity contribution in [2.75, 3.05) is 6.61 Å². The van der Waals surface area contributed by atoms with E-state index in [1.807, 2.05) is 0 Å². The van der Waals surface area contributed by atoms with E-state index in [-0.39, 0.29) is 42.8 Å². The highest BCUT2D eigenvalue weighted by molar-refractivity contribution is 6.25. The van der Waals surface area contributed by atoms with Gasteiger partial charge in [0.25, 0.3) is 13.4 Å². The molecular formula is C48H54BNO14. The van der Waals surface area contributed by atoms with Gasteiger partial charge in [0.2, 0.25) is 0 Å². The third-order valence-corrected chi connectivity index (χ3v) is 13.8. The minimum absolute atomic E-state index is 0.0490. The van der Waals surface area contributed by atoms with Crippen LogP contribution in [0.2, 0.25) is 6.82 Å². The normalized spacial score (nSPS) is 31.2. The standard InChI is InChI=1S/C48H54BNO14/c1-26-32(61-44(57)37(53)36(29-17-11-8-12-18-29)50-42(55)30-19-13-9-14-20-30)24-48(58)41(62-43(56)31-21-15-10-16-22-31)39-46(6,40(54)38(60-27(2)51)35(26)45(48,4)5)33(64-49-7)23-34-47(39,25-59-34)63-28(3)52/h8-22,32-34,36-39,41,49,53,58H,23-25H2,1-7H3,(H,50,55)/t32?,33-,34+,36-,37+,38+,39-,41-,46+,47-,48+/m0/s1. The number of esters is 4. The molecule has 64 heavy (non-hydrogen) atoms. The molecule has 15 nitrogen and oxygen atoms in total. The number of aliphatic hydroxyl groups excluding tert-OH is 1. The summed E-state index contributed by atoms with van der Waals surface area (Å²) in [4.78, 5) is 84.4. The number of aliphatic hydroxyl groups is 2. The lowest BCUT2D eigenvalue weighted by atomic mass is 9.44. The first-order valence-electron chi connectivity index (χ1n) is 21.4. The third-order valence-electron chi connectivity index (χ3n) is 13.8. The highest BCUT2D eigenvalue weighted by Gasteiger charge is 2.78. The van der Waals surface area contributed by atoms with Crippen LogP contribution in [0.4, 0.5) is 0 Å². The molecule has 3 aromatic carbocycles. The molecule has 3 N–H and O–H groups in total. The number of benzene rings is 3. The number of nitrogens with one attached hydrogen (secondary N) is 1. The second-order valence-corrected chi connectivity index (χ2v) is 17.8. The Morgan fingerprint density at radius 2 is 1.44 bits per heavy atom. The number of carbonyl (C=O) groups excluding carboxylic acids is 6. The highest BCUT2D eigenvalue weighted by Crippen LogP contribution is 2.65. The Morgan fingerprint density at radius 3 is 1.98 bits per heavy atom. The molecule has 338 valence electrons. The fraction of sp³-hybridized carbons (Fsp3) is 0.458. The molecule has 1 heterocycles. The quantitative estimate of drug-likeness (QED) is 0.101. The number of fused-ring (bicyclic) bond motifs is 5. The predicted molar refractivity (Wildman–Crippen MR) is 230 cm³/mol. The van der Waals surface area contributed by atoms with E-state index in [1.165, 1.54) is 19.1 Å². The summed E-state index contributed by atoms with van der Waals surface area (Å²) in [6.45, 7) is 10.2. The summed E-state index contributed by atoms with van der Waals surface area (Å²) in [5.41, 5.74) is -6.44. The first-order chi connectivity index (χ1) is 30.3. The smallest absolute Gasteiger partial charge is 0.338 e.